The molecule has 0 saturated heterocycles. The molecule has 0 aliphatic carbocycles. The van der Waals surface area contributed by atoms with Gasteiger partial charge in [0.2, 0.25) is 11.8 Å². The number of anilines is 2. The molecule has 0 spiro atoms. The fourth-order valence-corrected chi connectivity index (χ4v) is 2.88. The van der Waals surface area contributed by atoms with Gasteiger partial charge in [-0.2, -0.15) is 0 Å². The number of carbonyl (C=O) groups excluding carboxylic acids is 2. The van der Waals surface area contributed by atoms with Crippen LogP contribution in [0.5, 0.6) is 5.75 Å². The van der Waals surface area contributed by atoms with E-state index in [4.69, 9.17) is 16.3 Å². The Labute approximate surface area is 165 Å². The van der Waals surface area contributed by atoms with Gasteiger partial charge in [0, 0.05) is 10.2 Å². The minimum atomic E-state index is -0.248. The van der Waals surface area contributed by atoms with Gasteiger partial charge in [0.1, 0.15) is 5.75 Å². The lowest BCUT2D eigenvalue weighted by atomic mass is 10.3. The summed E-state index contributed by atoms with van der Waals surface area (Å²) in [5.41, 5.74) is 1.25. The minimum absolute atomic E-state index is 0.0625. The zero-order chi connectivity index (χ0) is 19.1. The van der Waals surface area contributed by atoms with E-state index in [1.807, 2.05) is 18.2 Å². The van der Waals surface area contributed by atoms with Gasteiger partial charge >= 0.3 is 0 Å². The predicted molar refractivity (Wildman–Crippen MR) is 107 cm³/mol. The van der Waals surface area contributed by atoms with Gasteiger partial charge in [-0.3, -0.25) is 14.5 Å². The second kappa shape index (κ2) is 9.56. The highest BCUT2D eigenvalue weighted by atomic mass is 79.9. The molecule has 0 unspecified atom stereocenters. The maximum absolute atomic E-state index is 12.1. The first-order valence-corrected chi connectivity index (χ1v) is 8.92. The number of hydrogen-bond acceptors (Lipinski definition) is 4. The summed E-state index contributed by atoms with van der Waals surface area (Å²) in [4.78, 5) is 25.8. The molecule has 0 aliphatic heterocycles. The lowest BCUT2D eigenvalue weighted by Crippen LogP contribution is -2.36. The zero-order valence-corrected chi connectivity index (χ0v) is 16.7. The molecule has 2 aromatic carbocycles. The number of nitrogens with zero attached hydrogens (tertiary/aromatic N) is 1. The average Bonchev–Trinajstić information content (AvgIpc) is 2.56. The van der Waals surface area contributed by atoms with Crippen molar-refractivity contribution in [1.82, 2.24) is 4.90 Å². The third kappa shape index (κ3) is 6.01. The molecule has 0 aliphatic rings. The van der Waals surface area contributed by atoms with Gasteiger partial charge in [0.05, 0.1) is 30.9 Å². The third-order valence-electron chi connectivity index (χ3n) is 3.41. The number of carbonyl (C=O) groups is 2. The molecule has 0 bridgehead atoms. The average molecular weight is 441 g/mol. The molecule has 0 atom stereocenters. The van der Waals surface area contributed by atoms with Crippen molar-refractivity contribution in [3.63, 3.8) is 0 Å². The van der Waals surface area contributed by atoms with Crippen LogP contribution in [-0.2, 0) is 9.59 Å². The molecule has 0 heterocycles. The van der Waals surface area contributed by atoms with Gasteiger partial charge in [0.15, 0.2) is 0 Å². The summed E-state index contributed by atoms with van der Waals surface area (Å²) in [6.07, 6.45) is 0. The van der Waals surface area contributed by atoms with Crippen LogP contribution < -0.4 is 15.4 Å². The van der Waals surface area contributed by atoms with Crippen LogP contribution in [0.3, 0.4) is 0 Å². The molecule has 2 aromatic rings. The smallest absolute Gasteiger partial charge is 0.238 e. The Kier molecular flexibility index (Phi) is 7.44. The molecular weight excluding hydrogens is 422 g/mol. The number of nitrogens with one attached hydrogen (secondary N) is 2. The van der Waals surface area contributed by atoms with E-state index < -0.39 is 0 Å². The lowest BCUT2D eigenvalue weighted by molar-refractivity contribution is -0.119. The molecule has 0 radical (unpaired) electrons. The van der Waals surface area contributed by atoms with E-state index in [2.05, 4.69) is 26.6 Å². The Morgan fingerprint density at radius 2 is 1.77 bits per heavy atom. The van der Waals surface area contributed by atoms with Gasteiger partial charge in [-0.05, 0) is 53.3 Å². The Morgan fingerprint density at radius 3 is 2.38 bits per heavy atom. The van der Waals surface area contributed by atoms with E-state index in [1.165, 1.54) is 7.11 Å². The van der Waals surface area contributed by atoms with Gasteiger partial charge < -0.3 is 15.4 Å². The molecule has 8 heteroatoms. The minimum Gasteiger partial charge on any atom is -0.495 e. The van der Waals surface area contributed by atoms with E-state index >= 15 is 0 Å². The Balaban J connectivity index is 1.84. The number of halogens is 2. The molecule has 2 amide bonds. The fourth-order valence-electron chi connectivity index (χ4n) is 2.24. The summed E-state index contributed by atoms with van der Waals surface area (Å²) >= 11 is 9.41. The monoisotopic (exact) mass is 439 g/mol. The largest absolute Gasteiger partial charge is 0.495 e. The molecule has 0 saturated carbocycles. The van der Waals surface area contributed by atoms with Crippen molar-refractivity contribution < 1.29 is 14.3 Å². The number of ether oxygens (including phenoxy) is 1. The first-order valence-electron chi connectivity index (χ1n) is 7.75. The maximum Gasteiger partial charge on any atom is 0.238 e. The van der Waals surface area contributed by atoms with E-state index in [-0.39, 0.29) is 24.9 Å². The van der Waals surface area contributed by atoms with Crippen molar-refractivity contribution in [1.29, 1.82) is 0 Å². The Hall–Kier alpha value is -2.09. The van der Waals surface area contributed by atoms with Crippen LogP contribution in [-0.4, -0.2) is 44.0 Å². The summed E-state index contributed by atoms with van der Waals surface area (Å²) in [6.45, 7) is 0.144. The lowest BCUT2D eigenvalue weighted by Gasteiger charge is -2.16. The summed E-state index contributed by atoms with van der Waals surface area (Å²) in [7, 11) is 3.22. The van der Waals surface area contributed by atoms with Gasteiger partial charge in [-0.1, -0.05) is 23.7 Å². The highest BCUT2D eigenvalue weighted by Crippen LogP contribution is 2.27. The quantitative estimate of drug-likeness (QED) is 0.690. The van der Waals surface area contributed by atoms with Crippen molar-refractivity contribution in [3.05, 3.63) is 52.0 Å². The summed E-state index contributed by atoms with van der Waals surface area (Å²) in [6, 6.07) is 12.3. The topological polar surface area (TPSA) is 70.7 Å². The molecule has 2 rings (SSSR count). The number of methoxy groups -OCH3 is 1. The number of benzene rings is 2. The first-order chi connectivity index (χ1) is 12.4. The predicted octanol–water partition coefficient (Wildman–Crippen LogP) is 3.62. The van der Waals surface area contributed by atoms with Crippen molar-refractivity contribution in [2.45, 2.75) is 0 Å². The van der Waals surface area contributed by atoms with E-state index in [0.29, 0.717) is 22.1 Å². The molecule has 26 heavy (non-hydrogen) atoms. The van der Waals surface area contributed by atoms with Crippen molar-refractivity contribution in [2.24, 2.45) is 0 Å². The van der Waals surface area contributed by atoms with Crippen LogP contribution in [0.4, 0.5) is 11.4 Å². The molecular formula is C18H19BrClN3O3. The second-order valence-corrected chi connectivity index (χ2v) is 6.86. The van der Waals surface area contributed by atoms with Gasteiger partial charge in [-0.15, -0.1) is 0 Å². The van der Waals surface area contributed by atoms with Gasteiger partial charge in [-0.25, -0.2) is 0 Å². The van der Waals surface area contributed by atoms with E-state index in [0.717, 1.165) is 4.47 Å². The fraction of sp³-hybridized carbons (Fsp3) is 0.222. The standard InChI is InChI=1S/C18H19BrClN3O3/c1-23(11-18(25)22-15-6-4-3-5-13(15)19)10-17(24)21-12-7-8-16(26-2)14(20)9-12/h3-9H,10-11H2,1-2H3,(H,21,24)(H,22,25). The van der Waals surface area contributed by atoms with Crippen LogP contribution in [0, 0.1) is 0 Å². The number of para-hydroxylation sites is 1. The third-order valence-corrected chi connectivity index (χ3v) is 4.40. The van der Waals surface area contributed by atoms with Crippen LogP contribution in [0.25, 0.3) is 0 Å². The summed E-state index contributed by atoms with van der Waals surface area (Å²) < 4.78 is 5.87. The number of rotatable bonds is 7. The van der Waals surface area contributed by atoms with Gasteiger partial charge in [0.25, 0.3) is 0 Å². The normalized spacial score (nSPS) is 10.5. The van der Waals surface area contributed by atoms with Crippen LogP contribution in [0.2, 0.25) is 5.02 Å². The number of amides is 2. The maximum atomic E-state index is 12.1. The molecule has 6 nitrogen and oxygen atoms in total. The van der Waals surface area contributed by atoms with Crippen molar-refractivity contribution in [3.8, 4) is 5.75 Å². The van der Waals surface area contributed by atoms with Crippen LogP contribution in [0.1, 0.15) is 0 Å². The highest BCUT2D eigenvalue weighted by Gasteiger charge is 2.12. The van der Waals surface area contributed by atoms with Crippen LogP contribution in [0.15, 0.2) is 46.9 Å². The summed E-state index contributed by atoms with van der Waals surface area (Å²) in [5, 5.41) is 5.94. The molecule has 0 fully saturated rings. The van der Waals surface area contributed by atoms with Crippen molar-refractivity contribution in [2.75, 3.05) is 37.9 Å². The zero-order valence-electron chi connectivity index (χ0n) is 14.4. The Morgan fingerprint density at radius 1 is 1.12 bits per heavy atom. The second-order valence-electron chi connectivity index (χ2n) is 5.60. The van der Waals surface area contributed by atoms with Crippen LogP contribution >= 0.6 is 27.5 Å². The highest BCUT2D eigenvalue weighted by molar-refractivity contribution is 9.10. The van der Waals surface area contributed by atoms with E-state index in [9.17, 15) is 9.59 Å². The number of hydrogen-bond donors (Lipinski definition) is 2. The Bertz CT molecular complexity index is 801. The SMILES string of the molecule is COc1ccc(NC(=O)CN(C)CC(=O)Nc2ccccc2Br)cc1Cl. The molecule has 138 valence electrons. The first kappa shape index (κ1) is 20.2. The van der Waals surface area contributed by atoms with E-state index in [1.54, 1.807) is 36.2 Å². The van der Waals surface area contributed by atoms with Crippen molar-refractivity contribution >= 4 is 50.7 Å². The number of likely N-dealkylation sites (N-methyl/N-ethyl adjacent to an activating group) is 1. The molecule has 0 aromatic heterocycles. The summed E-state index contributed by atoms with van der Waals surface area (Å²) in [5.74, 6) is 0.0765. The molecule has 2 N–H and O–H groups in total.